The van der Waals surface area contributed by atoms with E-state index in [4.69, 9.17) is 4.99 Å². The van der Waals surface area contributed by atoms with Crippen LogP contribution in [0.3, 0.4) is 0 Å². The molecule has 0 amide bonds. The van der Waals surface area contributed by atoms with Crippen LogP contribution >= 0.6 is 0 Å². The first kappa shape index (κ1) is 19.4. The number of benzene rings is 1. The molecule has 4 N–H and O–H groups in total. The highest BCUT2D eigenvalue weighted by Gasteiger charge is 2.48. The molecule has 7 rings (SSSR count). The number of aliphatic imine (C=N–C) groups is 1. The summed E-state index contributed by atoms with van der Waals surface area (Å²) >= 11 is 0. The topological polar surface area (TPSA) is 102 Å². The van der Waals surface area contributed by atoms with Crippen molar-refractivity contribution in [2.75, 3.05) is 5.32 Å². The zero-order valence-electron chi connectivity index (χ0n) is 17.4. The molecule has 0 spiro atoms. The molecular formula is C24H24FN5O2. The molecule has 3 aliphatic carbocycles. The number of pyridine rings is 1. The first-order valence-corrected chi connectivity index (χ1v) is 11.1. The van der Waals surface area contributed by atoms with Crippen molar-refractivity contribution >= 4 is 28.5 Å². The molecule has 3 unspecified atom stereocenters. The predicted molar refractivity (Wildman–Crippen MR) is 119 cm³/mol. The highest BCUT2D eigenvalue weighted by molar-refractivity contribution is 6.16. The second-order valence-electron chi connectivity index (χ2n) is 9.08. The second kappa shape index (κ2) is 7.41. The number of anilines is 1. The maximum Gasteiger partial charge on any atom is 0.308 e. The van der Waals surface area contributed by atoms with Crippen molar-refractivity contribution in [1.82, 2.24) is 15.3 Å². The van der Waals surface area contributed by atoms with Gasteiger partial charge in [0.05, 0.1) is 12.1 Å². The molecule has 8 heteroatoms. The Kier molecular flexibility index (Phi) is 4.50. The minimum absolute atomic E-state index is 0.122. The Labute approximate surface area is 184 Å². The van der Waals surface area contributed by atoms with E-state index in [-0.39, 0.29) is 18.1 Å². The lowest BCUT2D eigenvalue weighted by molar-refractivity contribution is -0.150. The Morgan fingerprint density at radius 1 is 1.16 bits per heavy atom. The van der Waals surface area contributed by atoms with Gasteiger partial charge in [-0.15, -0.1) is 0 Å². The van der Waals surface area contributed by atoms with Crippen molar-refractivity contribution in [2.45, 2.75) is 37.9 Å². The summed E-state index contributed by atoms with van der Waals surface area (Å²) in [6.45, 7) is 0. The van der Waals surface area contributed by atoms with E-state index in [1.807, 2.05) is 24.3 Å². The normalized spacial score (nSPS) is 28.8. The number of carbonyl (C=O) groups is 1. The summed E-state index contributed by atoms with van der Waals surface area (Å²) < 4.78 is 13.9. The average molecular weight is 433 g/mol. The molecule has 3 heterocycles. The van der Waals surface area contributed by atoms with Gasteiger partial charge in [-0.2, -0.15) is 0 Å². The van der Waals surface area contributed by atoms with Gasteiger partial charge in [-0.25, -0.2) is 14.4 Å². The number of carboxylic acids is 1. The summed E-state index contributed by atoms with van der Waals surface area (Å²) in [6.07, 6.45) is 6.67. The molecule has 1 aromatic carbocycles. The smallest absolute Gasteiger partial charge is 0.308 e. The van der Waals surface area contributed by atoms with Gasteiger partial charge in [0.25, 0.3) is 0 Å². The molecule has 2 bridgehead atoms. The Morgan fingerprint density at radius 3 is 2.75 bits per heavy atom. The van der Waals surface area contributed by atoms with Gasteiger partial charge in [0.1, 0.15) is 23.5 Å². The third-order valence-electron chi connectivity index (χ3n) is 7.37. The van der Waals surface area contributed by atoms with Gasteiger partial charge in [0.2, 0.25) is 0 Å². The van der Waals surface area contributed by atoms with Crippen LogP contribution in [0.2, 0.25) is 0 Å². The van der Waals surface area contributed by atoms with Crippen LogP contribution in [0.25, 0.3) is 11.0 Å². The monoisotopic (exact) mass is 433 g/mol. The number of rotatable bonds is 4. The van der Waals surface area contributed by atoms with Crippen LogP contribution in [0.4, 0.5) is 10.1 Å². The summed E-state index contributed by atoms with van der Waals surface area (Å²) in [5.74, 6) is -0.359. The van der Waals surface area contributed by atoms with Crippen molar-refractivity contribution in [3.8, 4) is 0 Å². The summed E-state index contributed by atoms with van der Waals surface area (Å²) in [5, 5.41) is 17.6. The molecule has 0 saturated heterocycles. The number of aromatic nitrogens is 2. The molecular weight excluding hydrogens is 409 g/mol. The maximum atomic E-state index is 13.9. The summed E-state index contributed by atoms with van der Waals surface area (Å²) in [7, 11) is 0. The van der Waals surface area contributed by atoms with E-state index in [1.54, 1.807) is 6.20 Å². The van der Waals surface area contributed by atoms with Crippen molar-refractivity contribution < 1.29 is 14.3 Å². The maximum absolute atomic E-state index is 13.9. The highest BCUT2D eigenvalue weighted by Crippen LogP contribution is 2.46. The standard InChI is InChI=1S/C24H24FN5O2/c25-14-9-16-17(11-27-21(16)26-10-14)23-28-18-4-2-1-3-15(18)22(30-23)29-20-13-7-5-12(6-8-13)19(20)24(31)32/h1-4,9-13,19-20,22,29H,5-8H2,(H,26,27)(H,28,30)(H,31,32). The molecule has 2 aromatic heterocycles. The van der Waals surface area contributed by atoms with Crippen LogP contribution in [0.15, 0.2) is 47.7 Å². The number of nitrogens with one attached hydrogen (secondary N) is 3. The average Bonchev–Trinajstić information content (AvgIpc) is 3.22. The van der Waals surface area contributed by atoms with E-state index in [0.717, 1.165) is 42.5 Å². The van der Waals surface area contributed by atoms with E-state index in [9.17, 15) is 14.3 Å². The van der Waals surface area contributed by atoms with Crippen molar-refractivity contribution in [3.05, 3.63) is 59.7 Å². The third kappa shape index (κ3) is 3.09. The Morgan fingerprint density at radius 2 is 1.94 bits per heavy atom. The van der Waals surface area contributed by atoms with Crippen molar-refractivity contribution in [1.29, 1.82) is 0 Å². The van der Waals surface area contributed by atoms with Gasteiger partial charge < -0.3 is 15.4 Å². The number of aromatic amines is 1. The van der Waals surface area contributed by atoms with E-state index in [0.29, 0.717) is 22.8 Å². The van der Waals surface area contributed by atoms with Gasteiger partial charge in [-0.1, -0.05) is 18.2 Å². The first-order valence-electron chi connectivity index (χ1n) is 11.1. The van der Waals surface area contributed by atoms with Gasteiger partial charge in [-0.3, -0.25) is 10.1 Å². The molecule has 3 fully saturated rings. The lowest BCUT2D eigenvalue weighted by Crippen LogP contribution is -2.55. The number of H-pyrrole nitrogens is 1. The van der Waals surface area contributed by atoms with E-state index >= 15 is 0 Å². The predicted octanol–water partition coefficient (Wildman–Crippen LogP) is 4.05. The van der Waals surface area contributed by atoms with Crippen molar-refractivity contribution in [3.63, 3.8) is 0 Å². The minimum Gasteiger partial charge on any atom is -0.481 e. The van der Waals surface area contributed by atoms with E-state index in [2.05, 4.69) is 20.6 Å². The number of fused-ring (bicyclic) bond motifs is 5. The molecule has 3 saturated carbocycles. The lowest BCUT2D eigenvalue weighted by Gasteiger charge is -2.48. The fourth-order valence-corrected chi connectivity index (χ4v) is 5.87. The Hall–Kier alpha value is -3.26. The second-order valence-corrected chi connectivity index (χ2v) is 9.08. The van der Waals surface area contributed by atoms with E-state index < -0.39 is 17.7 Å². The number of hydrogen-bond donors (Lipinski definition) is 4. The van der Waals surface area contributed by atoms with Crippen LogP contribution < -0.4 is 10.6 Å². The van der Waals surface area contributed by atoms with Gasteiger partial charge in [-0.05, 0) is 49.7 Å². The zero-order chi connectivity index (χ0) is 21.8. The largest absolute Gasteiger partial charge is 0.481 e. The van der Waals surface area contributed by atoms with Crippen LogP contribution in [0, 0.1) is 23.6 Å². The van der Waals surface area contributed by atoms with Crippen LogP contribution in [-0.2, 0) is 4.79 Å². The number of carboxylic acid groups (broad SMARTS) is 1. The first-order chi connectivity index (χ1) is 15.6. The van der Waals surface area contributed by atoms with Gasteiger partial charge in [0, 0.05) is 34.4 Å². The molecule has 0 radical (unpaired) electrons. The number of para-hydroxylation sites is 1. The number of aliphatic carboxylic acids is 1. The minimum atomic E-state index is -0.721. The number of halogens is 1. The molecule has 3 atom stereocenters. The van der Waals surface area contributed by atoms with Crippen molar-refractivity contribution in [2.24, 2.45) is 22.7 Å². The fourth-order valence-electron chi connectivity index (χ4n) is 5.87. The van der Waals surface area contributed by atoms with E-state index in [1.165, 1.54) is 12.3 Å². The summed E-state index contributed by atoms with van der Waals surface area (Å²) in [5.41, 5.74) is 3.20. The Balaban J connectivity index is 1.40. The SMILES string of the molecule is O=C(O)C1C2CCC(CC2)C1NC1N=C(c2c[nH]c3ncc(F)cc23)Nc2ccccc21. The fraction of sp³-hybridized carbons (Fsp3) is 0.375. The van der Waals surface area contributed by atoms with Gasteiger partial charge >= 0.3 is 5.97 Å². The molecule has 32 heavy (non-hydrogen) atoms. The van der Waals surface area contributed by atoms with Crippen LogP contribution in [0.5, 0.6) is 0 Å². The van der Waals surface area contributed by atoms with Crippen LogP contribution in [0.1, 0.15) is 43.0 Å². The van der Waals surface area contributed by atoms with Crippen LogP contribution in [-0.4, -0.2) is 32.9 Å². The number of amidine groups is 1. The van der Waals surface area contributed by atoms with Gasteiger partial charge in [0.15, 0.2) is 0 Å². The quantitative estimate of drug-likeness (QED) is 0.497. The lowest BCUT2D eigenvalue weighted by atomic mass is 9.61. The summed E-state index contributed by atoms with van der Waals surface area (Å²) in [4.78, 5) is 24.3. The zero-order valence-corrected chi connectivity index (χ0v) is 17.4. The summed E-state index contributed by atoms with van der Waals surface area (Å²) in [6, 6.07) is 9.22. The third-order valence-corrected chi connectivity index (χ3v) is 7.37. The number of nitrogens with zero attached hydrogens (tertiary/aromatic N) is 2. The highest BCUT2D eigenvalue weighted by atomic mass is 19.1. The molecule has 7 nitrogen and oxygen atoms in total. The molecule has 4 aliphatic rings. The molecule has 1 aliphatic heterocycles. The number of hydrogen-bond acceptors (Lipinski definition) is 5. The Bertz CT molecular complexity index is 1230. The molecule has 164 valence electrons. The molecule has 3 aromatic rings.